The zero-order valence-corrected chi connectivity index (χ0v) is 21.0. The number of Topliss-reactive ketones (excluding diaryl/α,β-unsaturated/α-hetero) is 1. The number of thiazole rings is 1. The van der Waals surface area contributed by atoms with E-state index in [1.54, 1.807) is 11.3 Å². The summed E-state index contributed by atoms with van der Waals surface area (Å²) in [5.74, 6) is -0.0428. The molecule has 1 aromatic heterocycles. The number of amides is 1. The lowest BCUT2D eigenvalue weighted by Crippen LogP contribution is -2.33. The highest BCUT2D eigenvalue weighted by atomic mass is 32.1. The van der Waals surface area contributed by atoms with Crippen LogP contribution in [0, 0.1) is 12.3 Å². The number of rotatable bonds is 1. The van der Waals surface area contributed by atoms with Crippen LogP contribution in [0.4, 0.5) is 0 Å². The number of fused-ring (bicyclic) bond motifs is 2. The normalized spacial score (nSPS) is 31.7. The molecule has 0 aliphatic carbocycles. The summed E-state index contributed by atoms with van der Waals surface area (Å²) in [6, 6.07) is 6.08. The van der Waals surface area contributed by atoms with Gasteiger partial charge in [-0.3, -0.25) is 9.59 Å². The summed E-state index contributed by atoms with van der Waals surface area (Å²) >= 11 is 1.67. The third kappa shape index (κ3) is 5.81. The number of aromatic nitrogens is 1. The van der Waals surface area contributed by atoms with Crippen molar-refractivity contribution in [1.29, 1.82) is 0 Å². The van der Waals surface area contributed by atoms with Gasteiger partial charge >= 0.3 is 0 Å². The molecule has 4 rings (SSSR count). The molecule has 0 saturated carbocycles. The van der Waals surface area contributed by atoms with Gasteiger partial charge in [0.25, 0.3) is 0 Å². The molecule has 3 heterocycles. The predicted octanol–water partition coefficient (Wildman–Crippen LogP) is 5.01. The second-order valence-corrected chi connectivity index (χ2v) is 11.9. The fourth-order valence-electron chi connectivity index (χ4n) is 4.86. The number of nitrogens with zero attached hydrogens (tertiary/aromatic N) is 1. The Hall–Kier alpha value is -1.83. The highest BCUT2D eigenvalue weighted by molar-refractivity contribution is 7.18. The van der Waals surface area contributed by atoms with Crippen molar-refractivity contribution in [2.24, 2.45) is 5.41 Å². The molecule has 0 spiro atoms. The van der Waals surface area contributed by atoms with Crippen LogP contribution in [-0.2, 0) is 14.3 Å². The number of aryl methyl sites for hydroxylation is 1. The van der Waals surface area contributed by atoms with Gasteiger partial charge in [-0.25, -0.2) is 4.98 Å². The van der Waals surface area contributed by atoms with Crippen molar-refractivity contribution in [2.45, 2.75) is 103 Å². The summed E-state index contributed by atoms with van der Waals surface area (Å²) in [5.41, 5.74) is 1.17. The number of carbonyl (C=O) groups is 2. The minimum absolute atomic E-state index is 0.0216. The van der Waals surface area contributed by atoms with Crippen molar-refractivity contribution in [1.82, 2.24) is 10.3 Å². The van der Waals surface area contributed by atoms with Gasteiger partial charge < -0.3 is 15.2 Å². The van der Waals surface area contributed by atoms with Crippen LogP contribution in [0.15, 0.2) is 18.2 Å². The quantitative estimate of drug-likeness (QED) is 0.569. The number of carbonyl (C=O) groups excluding carboxylic acids is 2. The fraction of sp³-hybridized carbons (Fsp3) is 0.654. The lowest BCUT2D eigenvalue weighted by atomic mass is 9.80. The molecular formula is C26H36N2O4S. The summed E-state index contributed by atoms with van der Waals surface area (Å²) in [6.45, 7) is 7.88. The van der Waals surface area contributed by atoms with Gasteiger partial charge in [0, 0.05) is 24.7 Å². The molecule has 0 bridgehead atoms. The van der Waals surface area contributed by atoms with E-state index in [0.29, 0.717) is 19.3 Å². The number of ether oxygens (including phenoxy) is 1. The number of hydrogen-bond donors (Lipinski definition) is 2. The largest absolute Gasteiger partial charge is 0.393 e. The predicted molar refractivity (Wildman–Crippen MR) is 130 cm³/mol. The molecule has 2 fully saturated rings. The van der Waals surface area contributed by atoms with Gasteiger partial charge in [-0.15, -0.1) is 11.3 Å². The van der Waals surface area contributed by atoms with Crippen molar-refractivity contribution in [3.8, 4) is 0 Å². The summed E-state index contributed by atoms with van der Waals surface area (Å²) in [7, 11) is 0. The second-order valence-electron chi connectivity index (χ2n) is 10.6. The Kier molecular flexibility index (Phi) is 6.95. The Balaban J connectivity index is 1.55. The average molecular weight is 473 g/mol. The SMILES string of the molecule is Cc1nc2cc(C3CC4OC4(C)CCCCC(O)CC(=O)C(C)(C)CCC(=O)N3)ccc2s1. The number of aliphatic hydroxyl groups is 1. The second kappa shape index (κ2) is 9.43. The molecule has 4 atom stereocenters. The van der Waals surface area contributed by atoms with E-state index in [2.05, 4.69) is 35.4 Å². The molecule has 1 amide bonds. The topological polar surface area (TPSA) is 91.8 Å². The maximum atomic E-state index is 13.0. The molecule has 7 heteroatoms. The molecule has 0 radical (unpaired) electrons. The monoisotopic (exact) mass is 472 g/mol. The van der Waals surface area contributed by atoms with Crippen molar-refractivity contribution in [3.63, 3.8) is 0 Å². The van der Waals surface area contributed by atoms with Crippen molar-refractivity contribution >= 4 is 33.2 Å². The van der Waals surface area contributed by atoms with Crippen LogP contribution in [0.5, 0.6) is 0 Å². The summed E-state index contributed by atoms with van der Waals surface area (Å²) < 4.78 is 7.25. The highest BCUT2D eigenvalue weighted by Gasteiger charge is 2.52. The number of nitrogens with one attached hydrogen (secondary N) is 1. The lowest BCUT2D eigenvalue weighted by molar-refractivity contribution is -0.130. The van der Waals surface area contributed by atoms with E-state index in [0.717, 1.165) is 40.1 Å². The van der Waals surface area contributed by atoms with Gasteiger partial charge in [-0.2, -0.15) is 0 Å². The van der Waals surface area contributed by atoms with Gasteiger partial charge in [-0.1, -0.05) is 32.8 Å². The molecule has 4 unspecified atom stereocenters. The van der Waals surface area contributed by atoms with Crippen molar-refractivity contribution < 1.29 is 19.4 Å². The van der Waals surface area contributed by atoms with Crippen LogP contribution >= 0.6 is 11.3 Å². The minimum atomic E-state index is -0.639. The first kappa shape index (κ1) is 24.3. The number of epoxide rings is 1. The number of aliphatic hydroxyl groups excluding tert-OH is 1. The first-order valence-electron chi connectivity index (χ1n) is 12.1. The molecule has 180 valence electrons. The van der Waals surface area contributed by atoms with Gasteiger partial charge in [0.15, 0.2) is 0 Å². The first-order chi connectivity index (χ1) is 15.6. The van der Waals surface area contributed by atoms with Crippen LogP contribution in [0.3, 0.4) is 0 Å². The first-order valence-corrected chi connectivity index (χ1v) is 12.9. The Morgan fingerprint density at radius 2 is 1.97 bits per heavy atom. The Bertz CT molecular complexity index is 1030. The van der Waals surface area contributed by atoms with E-state index in [-0.39, 0.29) is 42.3 Å². The zero-order chi connectivity index (χ0) is 23.8. The number of hydrogen-bond acceptors (Lipinski definition) is 6. The van der Waals surface area contributed by atoms with Crippen LogP contribution in [0.1, 0.15) is 88.8 Å². The molecule has 2 saturated heterocycles. The van der Waals surface area contributed by atoms with Crippen LogP contribution in [0.25, 0.3) is 10.2 Å². The summed E-state index contributed by atoms with van der Waals surface area (Å²) in [6.07, 6.45) is 4.42. The molecule has 2 aliphatic heterocycles. The maximum Gasteiger partial charge on any atom is 0.220 e. The van der Waals surface area contributed by atoms with Crippen molar-refractivity contribution in [3.05, 3.63) is 28.8 Å². The highest BCUT2D eigenvalue weighted by Crippen LogP contribution is 2.45. The number of benzene rings is 1. The molecule has 1 aromatic carbocycles. The van der Waals surface area contributed by atoms with Gasteiger partial charge in [0.05, 0.1) is 39.1 Å². The van der Waals surface area contributed by atoms with E-state index in [4.69, 9.17) is 4.74 Å². The molecular weight excluding hydrogens is 436 g/mol. The smallest absolute Gasteiger partial charge is 0.220 e. The fourth-order valence-corrected chi connectivity index (χ4v) is 5.66. The standard InChI is InChI=1S/C26H36N2O4S/c1-16-27-20-13-17(8-9-21(20)33-16)19-15-23-26(4,32-23)11-6-5-7-18(29)14-22(30)25(2,3)12-10-24(31)28-19/h8-9,13,18-19,23,29H,5-7,10-12,14-15H2,1-4H3,(H,28,31). The Labute approximate surface area is 200 Å². The van der Waals surface area contributed by atoms with Gasteiger partial charge in [0.1, 0.15) is 5.78 Å². The third-order valence-electron chi connectivity index (χ3n) is 7.35. The van der Waals surface area contributed by atoms with Crippen LogP contribution in [-0.4, -0.2) is 39.6 Å². The van der Waals surface area contributed by atoms with E-state index < -0.39 is 11.5 Å². The molecule has 2 aliphatic rings. The Morgan fingerprint density at radius 3 is 2.76 bits per heavy atom. The molecule has 2 aromatic rings. The van der Waals surface area contributed by atoms with E-state index in [1.165, 1.54) is 0 Å². The molecule has 2 N–H and O–H groups in total. The Morgan fingerprint density at radius 1 is 1.18 bits per heavy atom. The van der Waals surface area contributed by atoms with E-state index in [1.807, 2.05) is 20.8 Å². The van der Waals surface area contributed by atoms with E-state index in [9.17, 15) is 14.7 Å². The minimum Gasteiger partial charge on any atom is -0.393 e. The number of ketones is 1. The van der Waals surface area contributed by atoms with Gasteiger partial charge in [0.2, 0.25) is 5.91 Å². The summed E-state index contributed by atoms with van der Waals surface area (Å²) in [4.78, 5) is 30.3. The van der Waals surface area contributed by atoms with Crippen LogP contribution < -0.4 is 5.32 Å². The maximum absolute atomic E-state index is 13.0. The molecule has 6 nitrogen and oxygen atoms in total. The van der Waals surface area contributed by atoms with Gasteiger partial charge in [-0.05, 0) is 50.8 Å². The third-order valence-corrected chi connectivity index (χ3v) is 8.31. The lowest BCUT2D eigenvalue weighted by Gasteiger charge is -2.25. The molecule has 33 heavy (non-hydrogen) atoms. The zero-order valence-electron chi connectivity index (χ0n) is 20.1. The average Bonchev–Trinajstić information content (AvgIpc) is 3.21. The van der Waals surface area contributed by atoms with E-state index >= 15 is 0 Å². The van der Waals surface area contributed by atoms with Crippen LogP contribution in [0.2, 0.25) is 0 Å². The summed E-state index contributed by atoms with van der Waals surface area (Å²) in [5, 5.41) is 14.6. The van der Waals surface area contributed by atoms with Crippen molar-refractivity contribution in [2.75, 3.05) is 0 Å².